The predicted molar refractivity (Wildman–Crippen MR) is 166 cm³/mol. The molecule has 0 aliphatic rings. The van der Waals surface area contributed by atoms with Gasteiger partial charge < -0.3 is 24.4 Å². The zero-order valence-electron chi connectivity index (χ0n) is 26.7. The average Bonchev–Trinajstić information content (AvgIpc) is 2.96. The lowest BCUT2D eigenvalue weighted by molar-refractivity contribution is -0.181. The first-order chi connectivity index (χ1) is 19.9. The van der Waals surface area contributed by atoms with Crippen LogP contribution in [0.15, 0.2) is 24.3 Å². The van der Waals surface area contributed by atoms with Crippen LogP contribution in [0.4, 0.5) is 0 Å². The van der Waals surface area contributed by atoms with E-state index in [1.54, 1.807) is 0 Å². The molecule has 0 fully saturated rings. The van der Waals surface area contributed by atoms with Crippen molar-refractivity contribution in [2.75, 3.05) is 13.6 Å². The van der Waals surface area contributed by atoms with E-state index in [1.165, 1.54) is 0 Å². The maximum atomic E-state index is 12.7. The van der Waals surface area contributed by atoms with E-state index >= 15 is 0 Å². The van der Waals surface area contributed by atoms with Gasteiger partial charge in [-0.25, -0.2) is 0 Å². The molecule has 0 rings (SSSR count). The summed E-state index contributed by atoms with van der Waals surface area (Å²) >= 11 is 0. The van der Waals surface area contributed by atoms with Crippen LogP contribution in [0.5, 0.6) is 0 Å². The molecule has 0 spiro atoms. The first-order valence-corrected chi connectivity index (χ1v) is 16.5. The summed E-state index contributed by atoms with van der Waals surface area (Å²) in [7, 11) is 0. The minimum Gasteiger partial charge on any atom is -0.438 e. The summed E-state index contributed by atoms with van der Waals surface area (Å²) in [5, 5.41) is 20.3. The summed E-state index contributed by atoms with van der Waals surface area (Å²) in [5.41, 5.74) is 0. The van der Waals surface area contributed by atoms with Crippen molar-refractivity contribution in [3.05, 3.63) is 24.3 Å². The smallest absolute Gasteiger partial charge is 0.311 e. The second-order valence-corrected chi connectivity index (χ2v) is 11.1. The highest BCUT2D eigenvalue weighted by atomic mass is 16.8. The molecule has 0 aliphatic heterocycles. The van der Waals surface area contributed by atoms with Crippen LogP contribution < -0.4 is 0 Å². The molecule has 7 nitrogen and oxygen atoms in total. The molecular weight excluding hydrogens is 520 g/mol. The molecule has 0 aromatic carbocycles. The second-order valence-electron chi connectivity index (χ2n) is 11.1. The summed E-state index contributed by atoms with van der Waals surface area (Å²) in [6.45, 7) is 7.85. The first kappa shape index (κ1) is 39.3. The maximum Gasteiger partial charge on any atom is 0.311 e. The molecule has 0 saturated heterocycles. The van der Waals surface area contributed by atoms with Crippen molar-refractivity contribution in [3.8, 4) is 0 Å². The maximum absolute atomic E-state index is 12.7. The zero-order chi connectivity index (χ0) is 30.6. The van der Waals surface area contributed by atoms with Gasteiger partial charge in [0.05, 0.1) is 24.0 Å². The summed E-state index contributed by atoms with van der Waals surface area (Å²) in [6.07, 6.45) is 22.6. The van der Waals surface area contributed by atoms with E-state index < -0.39 is 0 Å². The third-order valence-electron chi connectivity index (χ3n) is 7.37. The van der Waals surface area contributed by atoms with E-state index in [1.807, 2.05) is 0 Å². The fourth-order valence-corrected chi connectivity index (χ4v) is 4.76. The molecule has 0 saturated carbocycles. The van der Waals surface area contributed by atoms with Gasteiger partial charge in [0.2, 0.25) is 0 Å². The van der Waals surface area contributed by atoms with Crippen LogP contribution >= 0.6 is 0 Å². The molecule has 0 radical (unpaired) electrons. The van der Waals surface area contributed by atoms with Gasteiger partial charge in [-0.05, 0) is 77.0 Å². The SMILES string of the molecule is CCC=CCCC(CCCC(O)CCCC)C(=O)OCOCOC(=O)C(CCC=CCC)CCCC(O)CCCC. The lowest BCUT2D eigenvalue weighted by atomic mass is 9.95. The second kappa shape index (κ2) is 28.4. The molecule has 0 aromatic heterocycles. The number of rotatable bonds is 28. The molecule has 41 heavy (non-hydrogen) atoms. The highest BCUT2D eigenvalue weighted by Crippen LogP contribution is 2.21. The summed E-state index contributed by atoms with van der Waals surface area (Å²) in [5.74, 6) is -1.14. The number of allylic oxidation sites excluding steroid dienone is 4. The molecule has 0 amide bonds. The van der Waals surface area contributed by atoms with Gasteiger partial charge in [0.25, 0.3) is 0 Å². The Balaban J connectivity index is 4.61. The van der Waals surface area contributed by atoms with E-state index in [2.05, 4.69) is 52.0 Å². The summed E-state index contributed by atoms with van der Waals surface area (Å²) in [6, 6.07) is 0. The lowest BCUT2D eigenvalue weighted by Crippen LogP contribution is -2.22. The predicted octanol–water partition coefficient (Wildman–Crippen LogP) is 8.17. The quantitative estimate of drug-likeness (QED) is 0.0415. The fourth-order valence-electron chi connectivity index (χ4n) is 4.76. The number of ether oxygens (including phenoxy) is 3. The van der Waals surface area contributed by atoms with Crippen molar-refractivity contribution in [1.82, 2.24) is 0 Å². The minimum absolute atomic E-state index is 0.255. The van der Waals surface area contributed by atoms with Gasteiger partial charge in [-0.3, -0.25) is 9.59 Å². The number of hydrogen-bond acceptors (Lipinski definition) is 7. The Morgan fingerprint density at radius 2 is 0.951 bits per heavy atom. The van der Waals surface area contributed by atoms with Gasteiger partial charge in [0.15, 0.2) is 13.6 Å². The number of esters is 2. The van der Waals surface area contributed by atoms with Gasteiger partial charge in [-0.15, -0.1) is 0 Å². The first-order valence-electron chi connectivity index (χ1n) is 16.5. The molecule has 240 valence electrons. The Kier molecular flexibility index (Phi) is 27.2. The van der Waals surface area contributed by atoms with Crippen LogP contribution in [0.3, 0.4) is 0 Å². The molecule has 0 aliphatic carbocycles. The van der Waals surface area contributed by atoms with Crippen molar-refractivity contribution in [3.63, 3.8) is 0 Å². The van der Waals surface area contributed by atoms with Crippen LogP contribution in [0.25, 0.3) is 0 Å². The molecular formula is C34H62O7. The number of aliphatic hydroxyl groups is 2. The highest BCUT2D eigenvalue weighted by Gasteiger charge is 2.21. The van der Waals surface area contributed by atoms with Gasteiger partial charge in [-0.2, -0.15) is 0 Å². The van der Waals surface area contributed by atoms with Crippen molar-refractivity contribution in [1.29, 1.82) is 0 Å². The Bertz CT molecular complexity index is 620. The number of hydrogen-bond donors (Lipinski definition) is 2. The van der Waals surface area contributed by atoms with Gasteiger partial charge in [0.1, 0.15) is 0 Å². The lowest BCUT2D eigenvalue weighted by Gasteiger charge is -2.18. The number of aliphatic hydroxyl groups excluding tert-OH is 2. The number of unbranched alkanes of at least 4 members (excludes halogenated alkanes) is 2. The molecule has 4 atom stereocenters. The molecule has 0 heterocycles. The van der Waals surface area contributed by atoms with Gasteiger partial charge >= 0.3 is 11.9 Å². The standard InChI is InChI=1S/C34H62O7/c1-5-9-13-15-19-29(21-17-25-31(35)23-11-7-3)33(37)40-27-39-28-41-34(38)30(20-16-14-10-6-2)22-18-26-32(36)24-12-8-4/h9-10,13-14,29-32,35-36H,5-8,11-12,15-28H2,1-4H3. The average molecular weight is 583 g/mol. The van der Waals surface area contributed by atoms with Gasteiger partial charge in [-0.1, -0.05) is 90.5 Å². The van der Waals surface area contributed by atoms with Crippen molar-refractivity contribution < 1.29 is 34.0 Å². The molecule has 7 heteroatoms. The Labute approximate surface area is 251 Å². The Morgan fingerprint density at radius 3 is 1.32 bits per heavy atom. The van der Waals surface area contributed by atoms with E-state index in [-0.39, 0.29) is 49.6 Å². The fraction of sp³-hybridized carbons (Fsp3) is 0.824. The van der Waals surface area contributed by atoms with Crippen molar-refractivity contribution in [2.24, 2.45) is 11.8 Å². The van der Waals surface area contributed by atoms with Crippen LogP contribution in [-0.2, 0) is 23.8 Å². The van der Waals surface area contributed by atoms with E-state index in [0.29, 0.717) is 38.5 Å². The van der Waals surface area contributed by atoms with Crippen LogP contribution in [0.2, 0.25) is 0 Å². The zero-order valence-corrected chi connectivity index (χ0v) is 26.7. The van der Waals surface area contributed by atoms with Crippen LogP contribution in [-0.4, -0.2) is 47.9 Å². The minimum atomic E-state index is -0.317. The van der Waals surface area contributed by atoms with Crippen molar-refractivity contribution in [2.45, 2.75) is 155 Å². The van der Waals surface area contributed by atoms with Crippen LogP contribution in [0.1, 0.15) is 143 Å². The van der Waals surface area contributed by atoms with Crippen molar-refractivity contribution >= 4 is 11.9 Å². The highest BCUT2D eigenvalue weighted by molar-refractivity contribution is 5.72. The van der Waals surface area contributed by atoms with Crippen LogP contribution in [0, 0.1) is 11.8 Å². The Morgan fingerprint density at radius 1 is 0.561 bits per heavy atom. The molecule has 2 N–H and O–H groups in total. The third-order valence-corrected chi connectivity index (χ3v) is 7.37. The topological polar surface area (TPSA) is 102 Å². The monoisotopic (exact) mass is 582 g/mol. The van der Waals surface area contributed by atoms with Gasteiger partial charge in [0, 0.05) is 0 Å². The summed E-state index contributed by atoms with van der Waals surface area (Å²) < 4.78 is 16.1. The molecule has 4 unspecified atom stereocenters. The third kappa shape index (κ3) is 23.5. The molecule has 0 aromatic rings. The summed E-state index contributed by atoms with van der Waals surface area (Å²) in [4.78, 5) is 25.5. The Hall–Kier alpha value is -1.70. The number of carbonyl (C=O) groups is 2. The number of carbonyl (C=O) groups excluding carboxylic acids is 2. The van der Waals surface area contributed by atoms with E-state index in [4.69, 9.17) is 14.2 Å². The normalized spacial score (nSPS) is 14.8. The van der Waals surface area contributed by atoms with E-state index in [0.717, 1.165) is 77.0 Å². The largest absolute Gasteiger partial charge is 0.438 e. The molecule has 0 bridgehead atoms. The van der Waals surface area contributed by atoms with E-state index in [9.17, 15) is 19.8 Å².